The second kappa shape index (κ2) is 13.6. The zero-order valence-electron chi connectivity index (χ0n) is 17.4. The van der Waals surface area contributed by atoms with Gasteiger partial charge in [0.15, 0.2) is 0 Å². The Kier molecular flexibility index (Phi) is 11.0. The van der Waals surface area contributed by atoms with Crippen LogP contribution in [0.5, 0.6) is 5.75 Å². The van der Waals surface area contributed by atoms with Crippen LogP contribution in [0, 0.1) is 0 Å². The molecule has 0 radical (unpaired) electrons. The van der Waals surface area contributed by atoms with Gasteiger partial charge in [0.2, 0.25) is 5.91 Å². The molecule has 0 aromatic heterocycles. The van der Waals surface area contributed by atoms with Gasteiger partial charge in [-0.15, -0.1) is 0 Å². The van der Waals surface area contributed by atoms with Crippen LogP contribution in [0.4, 0.5) is 0 Å². The summed E-state index contributed by atoms with van der Waals surface area (Å²) in [7, 11) is 1.71. The Morgan fingerprint density at radius 1 is 0.815 bits per heavy atom. The third kappa shape index (κ3) is 9.30. The first-order valence-electron chi connectivity index (χ1n) is 11.2. The molecule has 0 atom stereocenters. The number of rotatable bonds is 14. The van der Waals surface area contributed by atoms with E-state index in [0.29, 0.717) is 5.91 Å². The second-order valence-electron chi connectivity index (χ2n) is 7.97. The number of carbonyl (C=O) groups is 1. The van der Waals surface area contributed by atoms with Crippen molar-refractivity contribution in [3.63, 3.8) is 0 Å². The average Bonchev–Trinajstić information content (AvgIpc) is 3.24. The summed E-state index contributed by atoms with van der Waals surface area (Å²) in [5, 5.41) is 0. The van der Waals surface area contributed by atoms with Crippen molar-refractivity contribution in [1.29, 1.82) is 0 Å². The Bertz CT molecular complexity index is 506. The summed E-state index contributed by atoms with van der Waals surface area (Å²) < 4.78 is 5.20. The maximum atomic E-state index is 11.9. The number of benzene rings is 1. The maximum absolute atomic E-state index is 11.9. The van der Waals surface area contributed by atoms with Crippen molar-refractivity contribution in [3.05, 3.63) is 29.8 Å². The molecule has 1 aromatic rings. The van der Waals surface area contributed by atoms with Gasteiger partial charge in [-0.1, -0.05) is 63.5 Å². The number of aryl methyl sites for hydroxylation is 1. The van der Waals surface area contributed by atoms with Gasteiger partial charge >= 0.3 is 0 Å². The molecule has 27 heavy (non-hydrogen) atoms. The molecule has 152 valence electrons. The van der Waals surface area contributed by atoms with Crippen LogP contribution in [0.25, 0.3) is 0 Å². The van der Waals surface area contributed by atoms with Crippen molar-refractivity contribution in [3.8, 4) is 5.75 Å². The average molecular weight is 374 g/mol. The van der Waals surface area contributed by atoms with Crippen molar-refractivity contribution in [2.45, 2.75) is 89.9 Å². The van der Waals surface area contributed by atoms with E-state index in [4.69, 9.17) is 4.74 Å². The molecule has 0 aliphatic carbocycles. The van der Waals surface area contributed by atoms with E-state index in [1.165, 1.54) is 82.6 Å². The molecule has 3 nitrogen and oxygen atoms in total. The van der Waals surface area contributed by atoms with E-state index < -0.39 is 0 Å². The smallest absolute Gasteiger partial charge is 0.222 e. The molecule has 3 heteroatoms. The largest absolute Gasteiger partial charge is 0.497 e. The number of hydrogen-bond donors (Lipinski definition) is 0. The van der Waals surface area contributed by atoms with Crippen molar-refractivity contribution >= 4 is 5.91 Å². The summed E-state index contributed by atoms with van der Waals surface area (Å²) in [5.41, 5.74) is 1.42. The van der Waals surface area contributed by atoms with Gasteiger partial charge in [-0.2, -0.15) is 0 Å². The lowest BCUT2D eigenvalue weighted by molar-refractivity contribution is -0.130. The minimum absolute atomic E-state index is 0.391. The molecule has 1 heterocycles. The van der Waals surface area contributed by atoms with Gasteiger partial charge in [0.05, 0.1) is 7.11 Å². The lowest BCUT2D eigenvalue weighted by Crippen LogP contribution is -2.27. The first kappa shape index (κ1) is 21.8. The zero-order valence-corrected chi connectivity index (χ0v) is 17.4. The SMILES string of the molecule is COc1ccc(CCCCCCCCCCCCC(=O)N2CCCC2)cc1. The Morgan fingerprint density at radius 3 is 1.89 bits per heavy atom. The van der Waals surface area contributed by atoms with Gasteiger partial charge in [0.1, 0.15) is 5.75 Å². The Hall–Kier alpha value is -1.51. The molecule has 0 unspecified atom stereocenters. The lowest BCUT2D eigenvalue weighted by atomic mass is 10.0. The first-order chi connectivity index (χ1) is 13.3. The highest BCUT2D eigenvalue weighted by atomic mass is 16.5. The fourth-order valence-electron chi connectivity index (χ4n) is 3.94. The topological polar surface area (TPSA) is 29.5 Å². The summed E-state index contributed by atoms with van der Waals surface area (Å²) in [6.45, 7) is 2.00. The third-order valence-electron chi connectivity index (χ3n) is 5.72. The van der Waals surface area contributed by atoms with Gasteiger partial charge in [-0.3, -0.25) is 4.79 Å². The molecule has 1 saturated heterocycles. The van der Waals surface area contributed by atoms with E-state index in [9.17, 15) is 4.79 Å². The zero-order chi connectivity index (χ0) is 19.2. The molecule has 1 aliphatic heterocycles. The van der Waals surface area contributed by atoms with Crippen molar-refractivity contribution in [1.82, 2.24) is 4.90 Å². The molecular weight excluding hydrogens is 334 g/mol. The van der Waals surface area contributed by atoms with E-state index >= 15 is 0 Å². The molecule has 1 amide bonds. The van der Waals surface area contributed by atoms with Crippen LogP contribution in [0.2, 0.25) is 0 Å². The molecule has 1 fully saturated rings. The highest BCUT2D eigenvalue weighted by molar-refractivity contribution is 5.76. The molecule has 1 aliphatic rings. The van der Waals surface area contributed by atoms with Crippen molar-refractivity contribution < 1.29 is 9.53 Å². The Morgan fingerprint density at radius 2 is 1.33 bits per heavy atom. The number of ether oxygens (including phenoxy) is 1. The molecule has 0 spiro atoms. The van der Waals surface area contributed by atoms with Gasteiger partial charge in [-0.25, -0.2) is 0 Å². The molecule has 0 bridgehead atoms. The summed E-state index contributed by atoms with van der Waals surface area (Å²) in [6, 6.07) is 8.46. The van der Waals surface area contributed by atoms with Crippen molar-refractivity contribution in [2.75, 3.05) is 20.2 Å². The van der Waals surface area contributed by atoms with Crippen molar-refractivity contribution in [2.24, 2.45) is 0 Å². The molecule has 0 saturated carbocycles. The van der Waals surface area contributed by atoms with E-state index in [-0.39, 0.29) is 0 Å². The maximum Gasteiger partial charge on any atom is 0.222 e. The predicted octanol–water partition coefficient (Wildman–Crippen LogP) is 6.15. The number of nitrogens with zero attached hydrogens (tertiary/aromatic N) is 1. The normalized spacial score (nSPS) is 13.9. The molecule has 0 N–H and O–H groups in total. The van der Waals surface area contributed by atoms with Gasteiger partial charge in [0.25, 0.3) is 0 Å². The quantitative estimate of drug-likeness (QED) is 0.366. The number of hydrogen-bond acceptors (Lipinski definition) is 2. The highest BCUT2D eigenvalue weighted by Crippen LogP contribution is 2.16. The van der Waals surface area contributed by atoms with Crippen LogP contribution in [0.1, 0.15) is 89.0 Å². The molecule has 1 aromatic carbocycles. The van der Waals surface area contributed by atoms with Crippen LogP contribution in [0.3, 0.4) is 0 Å². The first-order valence-corrected chi connectivity index (χ1v) is 11.2. The van der Waals surface area contributed by atoms with E-state index in [1.54, 1.807) is 7.11 Å². The Labute approximate surface area is 166 Å². The van der Waals surface area contributed by atoms with Crippen LogP contribution in [-0.2, 0) is 11.2 Å². The summed E-state index contributed by atoms with van der Waals surface area (Å²) in [5.74, 6) is 1.33. The van der Waals surface area contributed by atoms with Crippen LogP contribution < -0.4 is 4.74 Å². The fourth-order valence-corrected chi connectivity index (χ4v) is 3.94. The molecule has 2 rings (SSSR count). The highest BCUT2D eigenvalue weighted by Gasteiger charge is 2.16. The van der Waals surface area contributed by atoms with Crippen LogP contribution >= 0.6 is 0 Å². The number of likely N-dealkylation sites (tertiary alicyclic amines) is 1. The van der Waals surface area contributed by atoms with Crippen LogP contribution in [-0.4, -0.2) is 31.0 Å². The summed E-state index contributed by atoms with van der Waals surface area (Å²) >= 11 is 0. The van der Waals surface area contributed by atoms with Gasteiger partial charge in [-0.05, 0) is 49.8 Å². The number of unbranched alkanes of at least 4 members (excludes halogenated alkanes) is 9. The summed E-state index contributed by atoms with van der Waals surface area (Å²) in [4.78, 5) is 14.0. The predicted molar refractivity (Wildman–Crippen MR) is 113 cm³/mol. The monoisotopic (exact) mass is 373 g/mol. The summed E-state index contributed by atoms with van der Waals surface area (Å²) in [6.07, 6.45) is 17.4. The van der Waals surface area contributed by atoms with Gasteiger partial charge in [0, 0.05) is 19.5 Å². The molecular formula is C24H39NO2. The van der Waals surface area contributed by atoms with Crippen LogP contribution in [0.15, 0.2) is 24.3 Å². The van der Waals surface area contributed by atoms with E-state index in [1.807, 2.05) is 0 Å². The number of amides is 1. The van der Waals surface area contributed by atoms with E-state index in [2.05, 4.69) is 29.2 Å². The third-order valence-corrected chi connectivity index (χ3v) is 5.72. The van der Waals surface area contributed by atoms with Gasteiger partial charge < -0.3 is 9.64 Å². The number of methoxy groups -OCH3 is 1. The lowest BCUT2D eigenvalue weighted by Gasteiger charge is -2.14. The fraction of sp³-hybridized carbons (Fsp3) is 0.708. The Balaban J connectivity index is 1.33. The van der Waals surface area contributed by atoms with E-state index in [0.717, 1.165) is 31.7 Å². The minimum atomic E-state index is 0.391. The standard InChI is InChI=1S/C24H39NO2/c1-27-23-18-16-22(17-19-23)14-10-8-6-4-2-3-5-7-9-11-15-24(26)25-20-12-13-21-25/h16-19H,2-15,20-21H2,1H3. The number of carbonyl (C=O) groups excluding carboxylic acids is 1. The second-order valence-corrected chi connectivity index (χ2v) is 7.97. The minimum Gasteiger partial charge on any atom is -0.497 e.